The van der Waals surface area contributed by atoms with E-state index in [-0.39, 0.29) is 16.8 Å². The lowest BCUT2D eigenvalue weighted by molar-refractivity contribution is -0.152. The molecule has 0 aromatic heterocycles. The molecule has 19 heavy (non-hydrogen) atoms. The summed E-state index contributed by atoms with van der Waals surface area (Å²) in [5.41, 5.74) is -1.10. The summed E-state index contributed by atoms with van der Waals surface area (Å²) in [4.78, 5) is 22.3. The van der Waals surface area contributed by atoms with Crippen molar-refractivity contribution >= 4 is 33.5 Å². The second-order valence-electron chi connectivity index (χ2n) is 3.40. The van der Waals surface area contributed by atoms with Crippen LogP contribution in [0, 0.1) is 0 Å². The minimum absolute atomic E-state index is 0.00145. The molecule has 0 saturated heterocycles. The first kappa shape index (κ1) is 15.5. The maximum Gasteiger partial charge on any atom is 0.416 e. The highest BCUT2D eigenvalue weighted by molar-refractivity contribution is 9.10. The van der Waals surface area contributed by atoms with Crippen LogP contribution in [0.4, 0.5) is 18.9 Å². The minimum Gasteiger partial charge on any atom is -0.459 e. The van der Waals surface area contributed by atoms with Gasteiger partial charge >= 0.3 is 18.1 Å². The lowest BCUT2D eigenvalue weighted by Crippen LogP contribution is -2.25. The van der Waals surface area contributed by atoms with E-state index in [1.165, 1.54) is 13.0 Å². The van der Waals surface area contributed by atoms with Crippen molar-refractivity contribution in [2.75, 3.05) is 11.9 Å². The van der Waals surface area contributed by atoms with Gasteiger partial charge in [-0.2, -0.15) is 13.2 Å². The maximum absolute atomic E-state index is 12.5. The van der Waals surface area contributed by atoms with Crippen molar-refractivity contribution in [1.82, 2.24) is 0 Å². The Balaban J connectivity index is 2.93. The van der Waals surface area contributed by atoms with E-state index in [2.05, 4.69) is 20.7 Å². The summed E-state index contributed by atoms with van der Waals surface area (Å²) in [5, 5.41) is 2.04. The molecule has 104 valence electrons. The molecule has 1 aromatic carbocycles. The zero-order valence-corrected chi connectivity index (χ0v) is 11.3. The van der Waals surface area contributed by atoms with E-state index in [1.807, 2.05) is 5.32 Å². The van der Waals surface area contributed by atoms with E-state index in [0.717, 1.165) is 12.1 Å². The predicted octanol–water partition coefficient (Wildman–Crippen LogP) is 2.97. The molecule has 1 N–H and O–H groups in total. The number of benzene rings is 1. The largest absolute Gasteiger partial charge is 0.459 e. The number of hydrogen-bond donors (Lipinski definition) is 1. The number of hydrogen-bond acceptors (Lipinski definition) is 3. The standard InChI is InChI=1S/C11H9BrF3NO3/c1-2-19-10(18)9(17)16-8-4-6(11(13,14)15)3-7(12)5-8/h3-5H,2H2,1H3,(H,16,17). The molecule has 0 aliphatic heterocycles. The van der Waals surface area contributed by atoms with Gasteiger partial charge in [-0.1, -0.05) is 15.9 Å². The molecule has 0 saturated carbocycles. The summed E-state index contributed by atoms with van der Waals surface area (Å²) in [6.07, 6.45) is -4.55. The van der Waals surface area contributed by atoms with E-state index < -0.39 is 23.6 Å². The zero-order chi connectivity index (χ0) is 14.6. The lowest BCUT2D eigenvalue weighted by atomic mass is 10.2. The van der Waals surface area contributed by atoms with Crippen LogP contribution in [0.1, 0.15) is 12.5 Å². The van der Waals surface area contributed by atoms with Gasteiger partial charge in [-0.05, 0) is 25.1 Å². The fraction of sp³-hybridized carbons (Fsp3) is 0.273. The molecular formula is C11H9BrF3NO3. The van der Waals surface area contributed by atoms with Crippen molar-refractivity contribution in [3.8, 4) is 0 Å². The van der Waals surface area contributed by atoms with Crippen molar-refractivity contribution in [2.45, 2.75) is 13.1 Å². The van der Waals surface area contributed by atoms with Crippen molar-refractivity contribution in [3.05, 3.63) is 28.2 Å². The van der Waals surface area contributed by atoms with Gasteiger partial charge in [0.05, 0.1) is 12.2 Å². The number of esters is 1. The highest BCUT2D eigenvalue weighted by Gasteiger charge is 2.31. The summed E-state index contributed by atoms with van der Waals surface area (Å²) in [7, 11) is 0. The zero-order valence-electron chi connectivity index (χ0n) is 9.68. The Bertz CT molecular complexity index is 502. The monoisotopic (exact) mass is 339 g/mol. The summed E-state index contributed by atoms with van der Waals surface area (Å²) < 4.78 is 42.2. The molecule has 0 aliphatic carbocycles. The third-order valence-electron chi connectivity index (χ3n) is 1.94. The van der Waals surface area contributed by atoms with Gasteiger partial charge in [0.15, 0.2) is 0 Å². The van der Waals surface area contributed by atoms with Crippen LogP contribution in [-0.4, -0.2) is 18.5 Å². The number of alkyl halides is 3. The first-order valence-electron chi connectivity index (χ1n) is 5.10. The molecule has 0 bridgehead atoms. The average molecular weight is 340 g/mol. The molecule has 1 rings (SSSR count). The summed E-state index contributed by atoms with van der Waals surface area (Å²) in [6, 6.07) is 2.83. The number of nitrogens with one attached hydrogen (secondary N) is 1. The number of carbonyl (C=O) groups is 2. The van der Waals surface area contributed by atoms with Crippen molar-refractivity contribution in [1.29, 1.82) is 0 Å². The van der Waals surface area contributed by atoms with E-state index in [1.54, 1.807) is 0 Å². The fourth-order valence-electron chi connectivity index (χ4n) is 1.20. The normalized spacial score (nSPS) is 11.0. The molecule has 0 radical (unpaired) electrons. The van der Waals surface area contributed by atoms with Crippen molar-refractivity contribution < 1.29 is 27.5 Å². The van der Waals surface area contributed by atoms with E-state index in [0.29, 0.717) is 0 Å². The first-order valence-corrected chi connectivity index (χ1v) is 5.89. The molecule has 0 atom stereocenters. The SMILES string of the molecule is CCOC(=O)C(=O)Nc1cc(Br)cc(C(F)(F)F)c1. The highest BCUT2D eigenvalue weighted by atomic mass is 79.9. The molecule has 4 nitrogen and oxygen atoms in total. The third kappa shape index (κ3) is 4.55. The van der Waals surface area contributed by atoms with Crippen LogP contribution >= 0.6 is 15.9 Å². The fourth-order valence-corrected chi connectivity index (χ4v) is 1.70. The van der Waals surface area contributed by atoms with Crippen LogP contribution in [0.2, 0.25) is 0 Å². The highest BCUT2D eigenvalue weighted by Crippen LogP contribution is 2.33. The lowest BCUT2D eigenvalue weighted by Gasteiger charge is -2.10. The molecule has 0 heterocycles. The van der Waals surface area contributed by atoms with Gasteiger partial charge in [0.25, 0.3) is 0 Å². The number of ether oxygens (including phenoxy) is 1. The maximum atomic E-state index is 12.5. The Hall–Kier alpha value is -1.57. The van der Waals surface area contributed by atoms with Crippen LogP contribution in [-0.2, 0) is 20.5 Å². The smallest absolute Gasteiger partial charge is 0.416 e. The quantitative estimate of drug-likeness (QED) is 0.665. The second kappa shape index (κ2) is 6.05. The van der Waals surface area contributed by atoms with Gasteiger partial charge in [0.2, 0.25) is 0 Å². The molecule has 0 aliphatic rings. The Labute approximate surface area is 115 Å². The number of carbonyl (C=O) groups excluding carboxylic acids is 2. The number of halogens is 4. The van der Waals surface area contributed by atoms with Gasteiger partial charge < -0.3 is 10.1 Å². The molecule has 0 fully saturated rings. The van der Waals surface area contributed by atoms with Gasteiger partial charge in [-0.15, -0.1) is 0 Å². The van der Waals surface area contributed by atoms with Gasteiger partial charge in [0, 0.05) is 10.2 Å². The average Bonchev–Trinajstić information content (AvgIpc) is 2.27. The van der Waals surface area contributed by atoms with Crippen molar-refractivity contribution in [3.63, 3.8) is 0 Å². The summed E-state index contributed by atoms with van der Waals surface area (Å²) in [5.74, 6) is -2.29. The summed E-state index contributed by atoms with van der Waals surface area (Å²) in [6.45, 7) is 1.50. The third-order valence-corrected chi connectivity index (χ3v) is 2.40. The molecule has 8 heteroatoms. The van der Waals surface area contributed by atoms with Crippen LogP contribution in [0.5, 0.6) is 0 Å². The first-order chi connectivity index (χ1) is 8.74. The van der Waals surface area contributed by atoms with Crippen LogP contribution < -0.4 is 5.32 Å². The van der Waals surface area contributed by atoms with Gasteiger partial charge in [0.1, 0.15) is 0 Å². The topological polar surface area (TPSA) is 55.4 Å². The van der Waals surface area contributed by atoms with Crippen LogP contribution in [0.25, 0.3) is 0 Å². The molecule has 1 aromatic rings. The number of amides is 1. The minimum atomic E-state index is -4.55. The van der Waals surface area contributed by atoms with E-state index in [4.69, 9.17) is 0 Å². The number of rotatable bonds is 2. The second-order valence-corrected chi connectivity index (χ2v) is 4.32. The Morgan fingerprint density at radius 3 is 2.47 bits per heavy atom. The predicted molar refractivity (Wildman–Crippen MR) is 64.4 cm³/mol. The van der Waals surface area contributed by atoms with Gasteiger partial charge in [-0.3, -0.25) is 4.79 Å². The van der Waals surface area contributed by atoms with Crippen LogP contribution in [0.3, 0.4) is 0 Å². The molecular weight excluding hydrogens is 331 g/mol. The van der Waals surface area contributed by atoms with Crippen molar-refractivity contribution in [2.24, 2.45) is 0 Å². The Morgan fingerprint density at radius 2 is 1.95 bits per heavy atom. The van der Waals surface area contributed by atoms with Crippen LogP contribution in [0.15, 0.2) is 22.7 Å². The van der Waals surface area contributed by atoms with E-state index >= 15 is 0 Å². The van der Waals surface area contributed by atoms with E-state index in [9.17, 15) is 22.8 Å². The Kier molecular flexibility index (Phi) is 4.93. The summed E-state index contributed by atoms with van der Waals surface area (Å²) >= 11 is 2.90. The number of anilines is 1. The molecule has 1 amide bonds. The molecule has 0 unspecified atom stereocenters. The Morgan fingerprint density at radius 1 is 1.32 bits per heavy atom. The van der Waals surface area contributed by atoms with Gasteiger partial charge in [-0.25, -0.2) is 4.79 Å². The molecule has 0 spiro atoms.